The molecule has 7 nitrogen and oxygen atoms in total. The molecule has 2 aliphatic heterocycles. The zero-order valence-electron chi connectivity index (χ0n) is 15.3. The van der Waals surface area contributed by atoms with E-state index in [1.54, 1.807) is 17.0 Å². The summed E-state index contributed by atoms with van der Waals surface area (Å²) in [5.74, 6) is 1.01. The van der Waals surface area contributed by atoms with Crippen molar-refractivity contribution in [2.24, 2.45) is 0 Å². The van der Waals surface area contributed by atoms with Gasteiger partial charge in [-0.3, -0.25) is 4.79 Å². The standard InChI is InChI=1S/C19H23FN6O/c1-25-11-17(27)26(15-4-2-3-13(20)9-15)10-16-18(22-12-23-19(16)25)24-14-5-7-21-8-6-14/h2-4,9,12,14,21H,5-8,10-11H2,1H3,(H,22,23,24). The Labute approximate surface area is 157 Å². The fourth-order valence-electron chi connectivity index (χ4n) is 3.65. The highest BCUT2D eigenvalue weighted by molar-refractivity contribution is 5.97. The smallest absolute Gasteiger partial charge is 0.246 e. The molecule has 2 aliphatic rings. The van der Waals surface area contributed by atoms with Gasteiger partial charge < -0.3 is 20.4 Å². The van der Waals surface area contributed by atoms with E-state index >= 15 is 0 Å². The van der Waals surface area contributed by atoms with Gasteiger partial charge in [-0.25, -0.2) is 14.4 Å². The van der Waals surface area contributed by atoms with Crippen LogP contribution in [0.4, 0.5) is 21.7 Å². The van der Waals surface area contributed by atoms with Crippen molar-refractivity contribution in [2.45, 2.75) is 25.4 Å². The molecule has 0 spiro atoms. The summed E-state index contributed by atoms with van der Waals surface area (Å²) in [6.07, 6.45) is 3.56. The average Bonchev–Trinajstić information content (AvgIpc) is 2.79. The van der Waals surface area contributed by atoms with Gasteiger partial charge in [0.25, 0.3) is 0 Å². The summed E-state index contributed by atoms with van der Waals surface area (Å²) in [5.41, 5.74) is 1.39. The number of halogens is 1. The lowest BCUT2D eigenvalue weighted by molar-refractivity contribution is -0.117. The maximum Gasteiger partial charge on any atom is 0.246 e. The molecule has 1 aromatic carbocycles. The highest BCUT2D eigenvalue weighted by Gasteiger charge is 2.29. The number of carbonyl (C=O) groups is 1. The van der Waals surface area contributed by atoms with Gasteiger partial charge in [0.1, 0.15) is 23.8 Å². The first-order chi connectivity index (χ1) is 13.1. The van der Waals surface area contributed by atoms with E-state index in [0.29, 0.717) is 18.3 Å². The maximum atomic E-state index is 13.7. The van der Waals surface area contributed by atoms with Crippen LogP contribution in [-0.4, -0.2) is 48.6 Å². The number of piperidine rings is 1. The molecule has 0 bridgehead atoms. The van der Waals surface area contributed by atoms with Gasteiger partial charge in [-0.2, -0.15) is 0 Å². The van der Waals surface area contributed by atoms with Crippen molar-refractivity contribution in [3.8, 4) is 0 Å². The predicted octanol–water partition coefficient (Wildman–Crippen LogP) is 1.76. The number of amides is 1. The number of benzene rings is 1. The molecule has 4 rings (SSSR count). The first-order valence-electron chi connectivity index (χ1n) is 9.20. The minimum Gasteiger partial charge on any atom is -0.367 e. The van der Waals surface area contributed by atoms with E-state index in [2.05, 4.69) is 20.6 Å². The Morgan fingerprint density at radius 2 is 2.04 bits per heavy atom. The molecule has 1 fully saturated rings. The van der Waals surface area contributed by atoms with Gasteiger partial charge in [-0.1, -0.05) is 6.07 Å². The molecule has 1 saturated heterocycles. The highest BCUT2D eigenvalue weighted by atomic mass is 19.1. The second kappa shape index (κ2) is 7.48. The summed E-state index contributed by atoms with van der Waals surface area (Å²) >= 11 is 0. The number of nitrogens with zero attached hydrogens (tertiary/aromatic N) is 4. The van der Waals surface area contributed by atoms with Crippen LogP contribution in [0, 0.1) is 5.82 Å². The molecule has 1 amide bonds. The van der Waals surface area contributed by atoms with Crippen molar-refractivity contribution < 1.29 is 9.18 Å². The molecule has 27 heavy (non-hydrogen) atoms. The molecule has 0 unspecified atom stereocenters. The lowest BCUT2D eigenvalue weighted by atomic mass is 10.1. The number of rotatable bonds is 3. The number of carbonyl (C=O) groups excluding carboxylic acids is 1. The number of hydrogen-bond donors (Lipinski definition) is 2. The van der Waals surface area contributed by atoms with Crippen LogP contribution in [0.15, 0.2) is 30.6 Å². The molecule has 0 saturated carbocycles. The van der Waals surface area contributed by atoms with Gasteiger partial charge in [0.05, 0.1) is 18.7 Å². The number of fused-ring (bicyclic) bond motifs is 1. The quantitative estimate of drug-likeness (QED) is 0.858. The van der Waals surface area contributed by atoms with Gasteiger partial charge in [0.15, 0.2) is 0 Å². The van der Waals surface area contributed by atoms with E-state index in [9.17, 15) is 9.18 Å². The molecule has 2 N–H and O–H groups in total. The van der Waals surface area contributed by atoms with E-state index in [-0.39, 0.29) is 18.3 Å². The molecule has 3 heterocycles. The van der Waals surface area contributed by atoms with Crippen LogP contribution in [0.1, 0.15) is 18.4 Å². The van der Waals surface area contributed by atoms with Crippen LogP contribution in [0.3, 0.4) is 0 Å². The van der Waals surface area contributed by atoms with Gasteiger partial charge in [-0.15, -0.1) is 0 Å². The summed E-state index contributed by atoms with van der Waals surface area (Å²) in [7, 11) is 1.84. The Morgan fingerprint density at radius 3 is 2.81 bits per heavy atom. The summed E-state index contributed by atoms with van der Waals surface area (Å²) in [4.78, 5) is 25.1. The van der Waals surface area contributed by atoms with Crippen LogP contribution in [0.25, 0.3) is 0 Å². The van der Waals surface area contributed by atoms with Gasteiger partial charge >= 0.3 is 0 Å². The van der Waals surface area contributed by atoms with Crippen LogP contribution < -0.4 is 20.4 Å². The zero-order valence-corrected chi connectivity index (χ0v) is 15.3. The monoisotopic (exact) mass is 370 g/mol. The SMILES string of the molecule is CN1CC(=O)N(c2cccc(F)c2)Cc2c(NC3CCNCC3)ncnc21. The molecule has 142 valence electrons. The normalized spacial score (nSPS) is 18.2. The number of hydrogen-bond acceptors (Lipinski definition) is 6. The minimum absolute atomic E-state index is 0.103. The van der Waals surface area contributed by atoms with Crippen molar-refractivity contribution in [3.05, 3.63) is 42.0 Å². The summed E-state index contributed by atoms with van der Waals surface area (Å²) < 4.78 is 13.7. The summed E-state index contributed by atoms with van der Waals surface area (Å²) in [6.45, 7) is 2.42. The van der Waals surface area contributed by atoms with Crippen molar-refractivity contribution in [3.63, 3.8) is 0 Å². The molecule has 2 aromatic rings. The first-order valence-corrected chi connectivity index (χ1v) is 9.20. The molecular formula is C19H23FN6O. The Morgan fingerprint density at radius 1 is 1.22 bits per heavy atom. The third-order valence-electron chi connectivity index (χ3n) is 5.07. The fraction of sp³-hybridized carbons (Fsp3) is 0.421. The van der Waals surface area contributed by atoms with E-state index in [0.717, 1.165) is 43.1 Å². The van der Waals surface area contributed by atoms with Crippen molar-refractivity contribution >= 4 is 23.2 Å². The maximum absolute atomic E-state index is 13.7. The third-order valence-corrected chi connectivity index (χ3v) is 5.07. The molecular weight excluding hydrogens is 347 g/mol. The predicted molar refractivity (Wildman–Crippen MR) is 102 cm³/mol. The van der Waals surface area contributed by atoms with Crippen LogP contribution in [-0.2, 0) is 11.3 Å². The van der Waals surface area contributed by atoms with Crippen molar-refractivity contribution in [2.75, 3.05) is 41.8 Å². The van der Waals surface area contributed by atoms with E-state index in [4.69, 9.17) is 0 Å². The van der Waals surface area contributed by atoms with Gasteiger partial charge in [0, 0.05) is 18.8 Å². The average molecular weight is 370 g/mol. The fourth-order valence-corrected chi connectivity index (χ4v) is 3.65. The van der Waals surface area contributed by atoms with E-state index in [1.165, 1.54) is 18.5 Å². The number of aromatic nitrogens is 2. The molecule has 0 atom stereocenters. The third kappa shape index (κ3) is 3.71. The highest BCUT2D eigenvalue weighted by Crippen LogP contribution is 2.31. The Bertz CT molecular complexity index is 839. The topological polar surface area (TPSA) is 73.4 Å². The molecule has 8 heteroatoms. The number of nitrogens with one attached hydrogen (secondary N) is 2. The largest absolute Gasteiger partial charge is 0.367 e. The number of anilines is 3. The molecule has 1 aromatic heterocycles. The van der Waals surface area contributed by atoms with E-state index in [1.807, 2.05) is 11.9 Å². The Balaban J connectivity index is 1.69. The summed E-state index contributed by atoms with van der Waals surface area (Å²) in [5, 5.41) is 6.88. The lowest BCUT2D eigenvalue weighted by Crippen LogP contribution is -2.36. The first kappa shape index (κ1) is 17.7. The second-order valence-electron chi connectivity index (χ2n) is 7.01. The summed E-state index contributed by atoms with van der Waals surface area (Å²) in [6, 6.07) is 6.45. The lowest BCUT2D eigenvalue weighted by Gasteiger charge is -2.26. The van der Waals surface area contributed by atoms with E-state index < -0.39 is 0 Å². The molecule has 0 aliphatic carbocycles. The minimum atomic E-state index is -0.365. The van der Waals surface area contributed by atoms with Crippen LogP contribution >= 0.6 is 0 Å². The van der Waals surface area contributed by atoms with Crippen molar-refractivity contribution in [1.82, 2.24) is 15.3 Å². The zero-order chi connectivity index (χ0) is 18.8. The Kier molecular flexibility index (Phi) is 4.89. The van der Waals surface area contributed by atoms with Crippen LogP contribution in [0.2, 0.25) is 0 Å². The Hall–Kier alpha value is -2.74. The van der Waals surface area contributed by atoms with Gasteiger partial charge in [0.2, 0.25) is 5.91 Å². The second-order valence-corrected chi connectivity index (χ2v) is 7.01. The number of likely N-dealkylation sites (N-methyl/N-ethyl adjacent to an activating group) is 1. The van der Waals surface area contributed by atoms with Crippen LogP contribution in [0.5, 0.6) is 0 Å². The van der Waals surface area contributed by atoms with Gasteiger partial charge in [-0.05, 0) is 44.1 Å². The molecule has 0 radical (unpaired) electrons. The van der Waals surface area contributed by atoms with Crippen molar-refractivity contribution in [1.29, 1.82) is 0 Å².